The molecule has 1 aromatic carbocycles. The maximum absolute atomic E-state index is 13.5. The van der Waals surface area contributed by atoms with Crippen molar-refractivity contribution in [3.8, 4) is 0 Å². The van der Waals surface area contributed by atoms with Gasteiger partial charge in [0.15, 0.2) is 0 Å². The van der Waals surface area contributed by atoms with Crippen LogP contribution in [0.2, 0.25) is 0 Å². The number of hydrogen-bond acceptors (Lipinski definition) is 3. The predicted octanol–water partition coefficient (Wildman–Crippen LogP) is 3.86. The average molecular weight is 414 g/mol. The maximum Gasteiger partial charge on any atom is 0.416 e. The van der Waals surface area contributed by atoms with Gasteiger partial charge in [-0.1, -0.05) is 0 Å². The molecule has 0 heterocycles. The van der Waals surface area contributed by atoms with E-state index < -0.39 is 38.1 Å². The Morgan fingerprint density at radius 3 is 2.00 bits per heavy atom. The van der Waals surface area contributed by atoms with E-state index in [-0.39, 0.29) is 18.5 Å². The Bertz CT molecular complexity index is 719. The zero-order valence-electron chi connectivity index (χ0n) is 14.8. The second kappa shape index (κ2) is 8.00. The Morgan fingerprint density at radius 1 is 1.00 bits per heavy atom. The summed E-state index contributed by atoms with van der Waals surface area (Å²) < 4.78 is 93.2. The number of nitrogens with two attached hydrogens (primary N) is 1. The highest BCUT2D eigenvalue weighted by atomic mass is 32.2. The Kier molecular flexibility index (Phi) is 6.53. The first-order valence-electron chi connectivity index (χ1n) is 8.63. The normalized spacial score (nSPS) is 22.0. The number of hydrogen-bond donors (Lipinski definition) is 2. The van der Waals surface area contributed by atoms with Crippen molar-refractivity contribution in [2.24, 2.45) is 17.6 Å². The molecule has 154 valence electrons. The summed E-state index contributed by atoms with van der Waals surface area (Å²) in [5.41, 5.74) is 3.18. The SMILES string of the molecule is CC(F)(F)c1cc(C(F)(F)F)cc(S(=O)(=O)NCC2CCC(CN)CC2)c1. The van der Waals surface area contributed by atoms with E-state index in [1.54, 1.807) is 0 Å². The molecule has 27 heavy (non-hydrogen) atoms. The number of sulfonamides is 1. The molecule has 1 aliphatic rings. The van der Waals surface area contributed by atoms with Crippen LogP contribution >= 0.6 is 0 Å². The topological polar surface area (TPSA) is 72.2 Å². The summed E-state index contributed by atoms with van der Waals surface area (Å²) in [6, 6.07) is 1.24. The third-order valence-electron chi connectivity index (χ3n) is 4.91. The van der Waals surface area contributed by atoms with Gasteiger partial charge in [0.25, 0.3) is 5.92 Å². The molecular weight excluding hydrogens is 391 g/mol. The summed E-state index contributed by atoms with van der Waals surface area (Å²) in [6.45, 7) is 1.03. The number of alkyl halides is 5. The van der Waals surface area contributed by atoms with Crippen molar-refractivity contribution in [1.82, 2.24) is 4.72 Å². The largest absolute Gasteiger partial charge is 0.416 e. The summed E-state index contributed by atoms with van der Waals surface area (Å²) in [4.78, 5) is -0.815. The van der Waals surface area contributed by atoms with E-state index in [0.717, 1.165) is 25.7 Å². The predicted molar refractivity (Wildman–Crippen MR) is 90.7 cm³/mol. The lowest BCUT2D eigenvalue weighted by atomic mass is 9.82. The fraction of sp³-hybridized carbons (Fsp3) is 0.647. The van der Waals surface area contributed by atoms with Crippen LogP contribution in [-0.4, -0.2) is 21.5 Å². The summed E-state index contributed by atoms with van der Waals surface area (Å²) in [7, 11) is -4.35. The molecule has 4 nitrogen and oxygen atoms in total. The summed E-state index contributed by atoms with van der Waals surface area (Å²) >= 11 is 0. The zero-order valence-corrected chi connectivity index (χ0v) is 15.6. The molecule has 0 spiro atoms. The smallest absolute Gasteiger partial charge is 0.330 e. The Hall–Kier alpha value is -1.26. The van der Waals surface area contributed by atoms with Crippen molar-refractivity contribution in [2.75, 3.05) is 13.1 Å². The van der Waals surface area contributed by atoms with Crippen LogP contribution in [-0.2, 0) is 22.1 Å². The molecule has 0 aliphatic heterocycles. The second-order valence-electron chi connectivity index (χ2n) is 7.11. The molecule has 3 N–H and O–H groups in total. The van der Waals surface area contributed by atoms with Gasteiger partial charge < -0.3 is 5.73 Å². The van der Waals surface area contributed by atoms with Crippen molar-refractivity contribution in [3.63, 3.8) is 0 Å². The molecular formula is C17H23F5N2O2S. The van der Waals surface area contributed by atoms with Crippen LogP contribution in [0.3, 0.4) is 0 Å². The van der Waals surface area contributed by atoms with Gasteiger partial charge in [-0.2, -0.15) is 13.2 Å². The number of benzene rings is 1. The molecule has 1 aromatic rings. The number of nitrogens with one attached hydrogen (secondary N) is 1. The van der Waals surface area contributed by atoms with Crippen LogP contribution in [0.4, 0.5) is 22.0 Å². The van der Waals surface area contributed by atoms with Crippen LogP contribution in [0.1, 0.15) is 43.7 Å². The lowest BCUT2D eigenvalue weighted by Crippen LogP contribution is -2.32. The third-order valence-corrected chi connectivity index (χ3v) is 6.32. The van der Waals surface area contributed by atoms with Gasteiger partial charge in [-0.25, -0.2) is 21.9 Å². The zero-order chi connectivity index (χ0) is 20.5. The fourth-order valence-corrected chi connectivity index (χ4v) is 4.34. The lowest BCUT2D eigenvalue weighted by molar-refractivity contribution is -0.138. The van der Waals surface area contributed by atoms with E-state index >= 15 is 0 Å². The van der Waals surface area contributed by atoms with Crippen LogP contribution in [0.25, 0.3) is 0 Å². The van der Waals surface area contributed by atoms with Crippen molar-refractivity contribution >= 4 is 10.0 Å². The van der Waals surface area contributed by atoms with E-state index in [9.17, 15) is 30.4 Å². The first kappa shape index (κ1) is 22.0. The van der Waals surface area contributed by atoms with Crippen LogP contribution < -0.4 is 10.5 Å². The van der Waals surface area contributed by atoms with Crippen molar-refractivity contribution in [2.45, 2.75) is 49.6 Å². The standard InChI is InChI=1S/C17H23F5N2O2S/c1-16(18,19)13-6-14(17(20,21)22)8-15(7-13)27(25,26)24-10-12-4-2-11(9-23)3-5-12/h6-8,11-12,24H,2-5,9-10,23H2,1H3. The quantitative estimate of drug-likeness (QED) is 0.695. The maximum atomic E-state index is 13.5. The van der Waals surface area contributed by atoms with Crippen LogP contribution in [0.15, 0.2) is 23.1 Å². The molecule has 0 unspecified atom stereocenters. The van der Waals surface area contributed by atoms with Gasteiger partial charge in [-0.05, 0) is 62.3 Å². The molecule has 0 atom stereocenters. The highest BCUT2D eigenvalue weighted by molar-refractivity contribution is 7.89. The highest BCUT2D eigenvalue weighted by Gasteiger charge is 2.36. The highest BCUT2D eigenvalue weighted by Crippen LogP contribution is 2.36. The number of rotatable bonds is 6. The van der Waals surface area contributed by atoms with Gasteiger partial charge in [-0.15, -0.1) is 0 Å². The van der Waals surface area contributed by atoms with Gasteiger partial charge in [0.2, 0.25) is 10.0 Å². The van der Waals surface area contributed by atoms with Gasteiger partial charge >= 0.3 is 6.18 Å². The molecule has 1 aliphatic carbocycles. The minimum absolute atomic E-state index is 0.0421. The third kappa shape index (κ3) is 5.86. The van der Waals surface area contributed by atoms with Gasteiger partial charge in [0.05, 0.1) is 10.5 Å². The summed E-state index contributed by atoms with van der Waals surface area (Å²) in [5, 5.41) is 0. The minimum atomic E-state index is -4.94. The fourth-order valence-electron chi connectivity index (χ4n) is 3.15. The van der Waals surface area contributed by atoms with Crippen molar-refractivity contribution in [3.05, 3.63) is 29.3 Å². The minimum Gasteiger partial charge on any atom is -0.330 e. The molecule has 10 heteroatoms. The molecule has 0 radical (unpaired) electrons. The Balaban J connectivity index is 2.22. The summed E-state index contributed by atoms with van der Waals surface area (Å²) in [6.07, 6.45) is -1.71. The monoisotopic (exact) mass is 414 g/mol. The second-order valence-corrected chi connectivity index (χ2v) is 8.87. The molecule has 2 rings (SSSR count). The van der Waals surface area contributed by atoms with E-state index in [1.807, 2.05) is 0 Å². The summed E-state index contributed by atoms with van der Waals surface area (Å²) in [5.74, 6) is -3.16. The molecule has 0 bridgehead atoms. The van der Waals surface area contributed by atoms with Gasteiger partial charge in [0, 0.05) is 19.0 Å². The van der Waals surface area contributed by atoms with Crippen molar-refractivity contribution < 1.29 is 30.4 Å². The van der Waals surface area contributed by atoms with E-state index in [4.69, 9.17) is 5.73 Å². The molecule has 0 aromatic heterocycles. The van der Waals surface area contributed by atoms with Gasteiger partial charge in [0.1, 0.15) is 0 Å². The Morgan fingerprint density at radius 2 is 1.52 bits per heavy atom. The van der Waals surface area contributed by atoms with E-state index in [2.05, 4.69) is 4.72 Å². The Labute approximate surface area is 155 Å². The molecule has 0 amide bonds. The molecule has 1 saturated carbocycles. The van der Waals surface area contributed by atoms with Crippen LogP contribution in [0.5, 0.6) is 0 Å². The first-order chi connectivity index (χ1) is 12.3. The van der Waals surface area contributed by atoms with Crippen LogP contribution in [0, 0.1) is 11.8 Å². The van der Waals surface area contributed by atoms with Gasteiger partial charge in [-0.3, -0.25) is 0 Å². The van der Waals surface area contributed by atoms with Crippen molar-refractivity contribution in [1.29, 1.82) is 0 Å². The number of halogens is 5. The van der Waals surface area contributed by atoms with E-state index in [1.165, 1.54) is 0 Å². The lowest BCUT2D eigenvalue weighted by Gasteiger charge is -2.27. The molecule has 0 saturated heterocycles. The first-order valence-corrected chi connectivity index (χ1v) is 10.1. The molecule has 1 fully saturated rings. The van der Waals surface area contributed by atoms with E-state index in [0.29, 0.717) is 31.5 Å². The average Bonchev–Trinajstić information content (AvgIpc) is 2.58.